The van der Waals surface area contributed by atoms with Crippen LogP contribution in [-0.2, 0) is 17.9 Å². The lowest BCUT2D eigenvalue weighted by Crippen LogP contribution is -2.04. The SMILES string of the molecule is Cc1nn(Cc2ccc(Cl)cc2)c2sc(C(=O)OCc3ccc(Cl)nc3)cc12. The fraction of sp³-hybridized carbons (Fsp3) is 0.150. The average molecular weight is 432 g/mol. The summed E-state index contributed by atoms with van der Waals surface area (Å²) in [5.41, 5.74) is 2.74. The Hall–Kier alpha value is -2.41. The van der Waals surface area contributed by atoms with Crippen LogP contribution in [0.2, 0.25) is 10.2 Å². The van der Waals surface area contributed by atoms with E-state index in [4.69, 9.17) is 27.9 Å². The van der Waals surface area contributed by atoms with E-state index in [1.807, 2.05) is 41.9 Å². The van der Waals surface area contributed by atoms with Crippen molar-refractivity contribution in [1.29, 1.82) is 0 Å². The van der Waals surface area contributed by atoms with E-state index in [0.29, 0.717) is 21.6 Å². The first-order valence-electron chi connectivity index (χ1n) is 8.48. The number of pyridine rings is 1. The molecule has 0 N–H and O–H groups in total. The summed E-state index contributed by atoms with van der Waals surface area (Å²) in [5.74, 6) is -0.367. The van der Waals surface area contributed by atoms with E-state index >= 15 is 0 Å². The van der Waals surface area contributed by atoms with Crippen molar-refractivity contribution in [3.05, 3.63) is 80.5 Å². The first-order valence-corrected chi connectivity index (χ1v) is 10.1. The minimum absolute atomic E-state index is 0.146. The smallest absolute Gasteiger partial charge is 0.348 e. The molecule has 1 aromatic carbocycles. The van der Waals surface area contributed by atoms with Gasteiger partial charge in [-0.1, -0.05) is 41.4 Å². The van der Waals surface area contributed by atoms with Gasteiger partial charge in [0.1, 0.15) is 21.5 Å². The van der Waals surface area contributed by atoms with Gasteiger partial charge in [-0.2, -0.15) is 5.10 Å². The fourth-order valence-electron chi connectivity index (χ4n) is 2.80. The average Bonchev–Trinajstić information content (AvgIpc) is 3.24. The second-order valence-electron chi connectivity index (χ2n) is 6.26. The number of aryl methyl sites for hydroxylation is 1. The number of rotatable bonds is 5. The molecule has 0 fully saturated rings. The summed E-state index contributed by atoms with van der Waals surface area (Å²) in [5, 5.41) is 6.65. The largest absolute Gasteiger partial charge is 0.457 e. The molecular weight excluding hydrogens is 417 g/mol. The second-order valence-corrected chi connectivity index (χ2v) is 8.12. The molecule has 3 heterocycles. The zero-order valence-corrected chi connectivity index (χ0v) is 17.2. The maximum absolute atomic E-state index is 12.5. The lowest BCUT2D eigenvalue weighted by atomic mass is 10.2. The number of hydrogen-bond acceptors (Lipinski definition) is 5. The van der Waals surface area contributed by atoms with E-state index in [0.717, 1.165) is 27.0 Å². The van der Waals surface area contributed by atoms with E-state index in [1.165, 1.54) is 11.3 Å². The standard InChI is InChI=1S/C20H15Cl2N3O2S/c1-12-16-8-17(20(26)27-11-14-4-7-18(22)23-9-14)28-19(16)25(24-12)10-13-2-5-15(21)6-3-13/h2-9H,10-11H2,1H3. The summed E-state index contributed by atoms with van der Waals surface area (Å²) < 4.78 is 7.31. The lowest BCUT2D eigenvalue weighted by molar-refractivity contribution is 0.0478. The van der Waals surface area contributed by atoms with Gasteiger partial charge in [0.05, 0.1) is 12.2 Å². The number of esters is 1. The lowest BCUT2D eigenvalue weighted by Gasteiger charge is -2.04. The highest BCUT2D eigenvalue weighted by atomic mass is 35.5. The molecule has 0 aliphatic heterocycles. The van der Waals surface area contributed by atoms with Gasteiger partial charge in [-0.3, -0.25) is 4.68 Å². The monoisotopic (exact) mass is 431 g/mol. The molecule has 28 heavy (non-hydrogen) atoms. The summed E-state index contributed by atoms with van der Waals surface area (Å²) in [6.45, 7) is 2.68. The highest BCUT2D eigenvalue weighted by Crippen LogP contribution is 2.29. The highest BCUT2D eigenvalue weighted by Gasteiger charge is 2.17. The molecule has 4 aromatic rings. The topological polar surface area (TPSA) is 57.0 Å². The summed E-state index contributed by atoms with van der Waals surface area (Å²) in [7, 11) is 0. The van der Waals surface area contributed by atoms with Crippen LogP contribution >= 0.6 is 34.5 Å². The van der Waals surface area contributed by atoms with Crippen LogP contribution < -0.4 is 0 Å². The van der Waals surface area contributed by atoms with Crippen LogP contribution in [0.1, 0.15) is 26.5 Å². The van der Waals surface area contributed by atoms with Crippen LogP contribution in [0.15, 0.2) is 48.7 Å². The van der Waals surface area contributed by atoms with Crippen molar-refractivity contribution in [3.63, 3.8) is 0 Å². The molecule has 8 heteroatoms. The molecule has 0 aliphatic rings. The second kappa shape index (κ2) is 7.91. The number of carbonyl (C=O) groups excluding carboxylic acids is 1. The van der Waals surface area contributed by atoms with Gasteiger partial charge >= 0.3 is 5.97 Å². The van der Waals surface area contributed by atoms with Crippen molar-refractivity contribution in [1.82, 2.24) is 14.8 Å². The Bertz CT molecular complexity index is 1130. The predicted molar refractivity (Wildman–Crippen MR) is 111 cm³/mol. The molecule has 4 rings (SSSR count). The molecule has 0 saturated carbocycles. The molecule has 0 radical (unpaired) electrons. The molecule has 0 aliphatic carbocycles. The van der Waals surface area contributed by atoms with Gasteiger partial charge in [0.15, 0.2) is 0 Å². The number of aromatic nitrogens is 3. The van der Waals surface area contributed by atoms with Gasteiger partial charge in [0, 0.05) is 22.2 Å². The van der Waals surface area contributed by atoms with Gasteiger partial charge in [-0.25, -0.2) is 9.78 Å². The first kappa shape index (κ1) is 18.9. The van der Waals surface area contributed by atoms with Crippen molar-refractivity contribution >= 4 is 50.7 Å². The van der Waals surface area contributed by atoms with Crippen LogP contribution in [0.3, 0.4) is 0 Å². The molecule has 142 valence electrons. The minimum Gasteiger partial charge on any atom is -0.457 e. The third-order valence-electron chi connectivity index (χ3n) is 4.21. The zero-order valence-electron chi connectivity index (χ0n) is 14.9. The molecular formula is C20H15Cl2N3O2S. The van der Waals surface area contributed by atoms with Gasteiger partial charge < -0.3 is 4.74 Å². The summed E-state index contributed by atoms with van der Waals surface area (Å²) in [6.07, 6.45) is 1.59. The number of benzene rings is 1. The van der Waals surface area contributed by atoms with Gasteiger partial charge in [-0.15, -0.1) is 11.3 Å². The van der Waals surface area contributed by atoms with Gasteiger partial charge in [0.25, 0.3) is 0 Å². The molecule has 5 nitrogen and oxygen atoms in total. The van der Waals surface area contributed by atoms with E-state index in [-0.39, 0.29) is 12.6 Å². The Morgan fingerprint density at radius 1 is 1.14 bits per heavy atom. The van der Waals surface area contributed by atoms with Crippen LogP contribution in [0.5, 0.6) is 0 Å². The molecule has 3 aromatic heterocycles. The van der Waals surface area contributed by atoms with E-state index in [1.54, 1.807) is 18.3 Å². The van der Waals surface area contributed by atoms with Gasteiger partial charge in [0.2, 0.25) is 0 Å². The summed E-state index contributed by atoms with van der Waals surface area (Å²) in [6, 6.07) is 12.9. The quantitative estimate of drug-likeness (QED) is 0.308. The van der Waals surface area contributed by atoms with Crippen molar-refractivity contribution in [2.75, 3.05) is 0 Å². The Morgan fingerprint density at radius 2 is 1.89 bits per heavy atom. The van der Waals surface area contributed by atoms with Crippen LogP contribution in [0.25, 0.3) is 10.2 Å². The maximum Gasteiger partial charge on any atom is 0.348 e. The molecule has 0 amide bonds. The number of hydrogen-bond donors (Lipinski definition) is 0. The normalized spacial score (nSPS) is 11.1. The Kier molecular flexibility index (Phi) is 5.35. The van der Waals surface area contributed by atoms with E-state index in [9.17, 15) is 4.79 Å². The molecule has 0 atom stereocenters. The first-order chi connectivity index (χ1) is 13.5. The summed E-state index contributed by atoms with van der Waals surface area (Å²) >= 11 is 13.1. The van der Waals surface area contributed by atoms with E-state index < -0.39 is 0 Å². The van der Waals surface area contributed by atoms with Crippen molar-refractivity contribution in [2.24, 2.45) is 0 Å². The fourth-order valence-corrected chi connectivity index (χ4v) is 4.09. The molecule has 0 unspecified atom stereocenters. The minimum atomic E-state index is -0.367. The number of nitrogens with zero attached hydrogens (tertiary/aromatic N) is 3. The number of ether oxygens (including phenoxy) is 1. The number of fused-ring (bicyclic) bond motifs is 1. The van der Waals surface area contributed by atoms with Crippen LogP contribution in [0, 0.1) is 6.92 Å². The predicted octanol–water partition coefficient (Wildman–Crippen LogP) is 5.51. The van der Waals surface area contributed by atoms with Crippen molar-refractivity contribution in [2.45, 2.75) is 20.1 Å². The number of thiophene rings is 1. The molecule has 0 bridgehead atoms. The van der Waals surface area contributed by atoms with Crippen LogP contribution in [-0.4, -0.2) is 20.7 Å². The Labute approximate surface area is 175 Å². The third-order valence-corrected chi connectivity index (χ3v) is 5.82. The number of halogens is 2. The Morgan fingerprint density at radius 3 is 2.61 bits per heavy atom. The highest BCUT2D eigenvalue weighted by molar-refractivity contribution is 7.20. The summed E-state index contributed by atoms with van der Waals surface area (Å²) in [4.78, 5) is 17.9. The molecule has 0 saturated heterocycles. The van der Waals surface area contributed by atoms with Crippen molar-refractivity contribution < 1.29 is 9.53 Å². The van der Waals surface area contributed by atoms with Gasteiger partial charge in [-0.05, 0) is 36.8 Å². The van der Waals surface area contributed by atoms with E-state index in [2.05, 4.69) is 10.1 Å². The Balaban J connectivity index is 1.52. The molecule has 0 spiro atoms. The zero-order chi connectivity index (χ0) is 19.7. The number of carbonyl (C=O) groups is 1. The van der Waals surface area contributed by atoms with Crippen LogP contribution in [0.4, 0.5) is 0 Å². The van der Waals surface area contributed by atoms with Crippen molar-refractivity contribution in [3.8, 4) is 0 Å². The maximum atomic E-state index is 12.5. The third kappa shape index (κ3) is 4.04.